The summed E-state index contributed by atoms with van der Waals surface area (Å²) in [4.78, 5) is 38.6. The Morgan fingerprint density at radius 2 is 1.90 bits per heavy atom. The number of amides is 2. The molecule has 0 bridgehead atoms. The SMILES string of the molecule is Cc1cccc(C(C)C)c1NC(=O)CN1C(=O)C(C)(C)Oc2ccc(C(=O)O)cc21. The van der Waals surface area contributed by atoms with Crippen LogP contribution in [0.2, 0.25) is 0 Å². The summed E-state index contributed by atoms with van der Waals surface area (Å²) in [7, 11) is 0. The van der Waals surface area contributed by atoms with Gasteiger partial charge in [0.25, 0.3) is 5.91 Å². The van der Waals surface area contributed by atoms with Crippen molar-refractivity contribution >= 4 is 29.2 Å². The van der Waals surface area contributed by atoms with Gasteiger partial charge in [0.15, 0.2) is 5.60 Å². The minimum atomic E-state index is -1.18. The maximum absolute atomic E-state index is 13.0. The van der Waals surface area contributed by atoms with Gasteiger partial charge in [-0.3, -0.25) is 14.5 Å². The lowest BCUT2D eigenvalue weighted by Crippen LogP contribution is -2.54. The first-order valence-corrected chi connectivity index (χ1v) is 9.79. The molecular formula is C23H26N2O5. The number of aryl methyl sites for hydroxylation is 1. The minimum absolute atomic E-state index is 0.0104. The van der Waals surface area contributed by atoms with Crippen molar-refractivity contribution in [3.63, 3.8) is 0 Å². The standard InChI is InChI=1S/C23H26N2O5/c1-13(2)16-8-6-7-14(3)20(16)24-19(26)12-25-17-11-15(21(27)28)9-10-18(17)30-23(4,5)22(25)29/h6-11,13H,12H2,1-5H3,(H,24,26)(H,27,28). The van der Waals surface area contributed by atoms with E-state index in [2.05, 4.69) is 5.32 Å². The van der Waals surface area contributed by atoms with Crippen molar-refractivity contribution in [2.24, 2.45) is 0 Å². The Labute approximate surface area is 175 Å². The van der Waals surface area contributed by atoms with Gasteiger partial charge in [-0.05, 0) is 56.0 Å². The highest BCUT2D eigenvalue weighted by atomic mass is 16.5. The van der Waals surface area contributed by atoms with Crippen LogP contribution in [0.4, 0.5) is 11.4 Å². The zero-order valence-corrected chi connectivity index (χ0v) is 17.8. The molecule has 0 saturated carbocycles. The van der Waals surface area contributed by atoms with Crippen molar-refractivity contribution < 1.29 is 24.2 Å². The number of carboxylic acids is 1. The third kappa shape index (κ3) is 4.01. The van der Waals surface area contributed by atoms with Gasteiger partial charge in [-0.2, -0.15) is 0 Å². The Balaban J connectivity index is 1.94. The Kier molecular flexibility index (Phi) is 5.57. The lowest BCUT2D eigenvalue weighted by molar-refractivity contribution is -0.133. The molecule has 0 aromatic heterocycles. The number of hydrogen-bond acceptors (Lipinski definition) is 4. The van der Waals surface area contributed by atoms with Crippen LogP contribution >= 0.6 is 0 Å². The molecule has 30 heavy (non-hydrogen) atoms. The van der Waals surface area contributed by atoms with Gasteiger partial charge in [0, 0.05) is 5.69 Å². The molecule has 0 atom stereocenters. The topological polar surface area (TPSA) is 95.9 Å². The fourth-order valence-corrected chi connectivity index (χ4v) is 3.52. The summed E-state index contributed by atoms with van der Waals surface area (Å²) in [6.45, 7) is 8.98. The van der Waals surface area contributed by atoms with Crippen LogP contribution in [0.3, 0.4) is 0 Å². The summed E-state index contributed by atoms with van der Waals surface area (Å²) in [6.07, 6.45) is 0. The van der Waals surface area contributed by atoms with Crippen LogP contribution in [-0.4, -0.2) is 35.0 Å². The van der Waals surface area contributed by atoms with Gasteiger partial charge in [0.2, 0.25) is 5.91 Å². The number of rotatable bonds is 5. The molecule has 1 aliphatic heterocycles. The molecule has 1 heterocycles. The molecular weight excluding hydrogens is 384 g/mol. The largest absolute Gasteiger partial charge is 0.478 e. The molecule has 0 spiro atoms. The summed E-state index contributed by atoms with van der Waals surface area (Å²) in [5, 5.41) is 12.2. The van der Waals surface area contributed by atoms with Crippen LogP contribution in [0.15, 0.2) is 36.4 Å². The zero-order chi connectivity index (χ0) is 22.2. The molecule has 7 heteroatoms. The third-order valence-corrected chi connectivity index (χ3v) is 5.12. The molecule has 2 N–H and O–H groups in total. The van der Waals surface area contributed by atoms with E-state index in [0.29, 0.717) is 5.75 Å². The van der Waals surface area contributed by atoms with E-state index in [1.807, 2.05) is 39.0 Å². The summed E-state index contributed by atoms with van der Waals surface area (Å²) < 4.78 is 5.75. The number of carbonyl (C=O) groups excluding carboxylic acids is 2. The van der Waals surface area contributed by atoms with Gasteiger partial charge < -0.3 is 15.2 Å². The molecule has 2 amide bonds. The maximum Gasteiger partial charge on any atom is 0.335 e. The Morgan fingerprint density at radius 3 is 2.53 bits per heavy atom. The first-order valence-electron chi connectivity index (χ1n) is 9.79. The molecule has 0 saturated heterocycles. The highest BCUT2D eigenvalue weighted by molar-refractivity contribution is 6.08. The molecule has 158 valence electrons. The van der Waals surface area contributed by atoms with E-state index < -0.39 is 17.5 Å². The molecule has 3 rings (SSSR count). The fraction of sp³-hybridized carbons (Fsp3) is 0.348. The molecule has 0 fully saturated rings. The van der Waals surface area contributed by atoms with Crippen molar-refractivity contribution in [1.82, 2.24) is 0 Å². The second-order valence-electron chi connectivity index (χ2n) is 8.23. The average Bonchev–Trinajstić information content (AvgIpc) is 2.66. The Bertz CT molecular complexity index is 1030. The van der Waals surface area contributed by atoms with Crippen molar-refractivity contribution in [1.29, 1.82) is 0 Å². The number of para-hydroxylation sites is 1. The number of nitrogens with one attached hydrogen (secondary N) is 1. The Hall–Kier alpha value is -3.35. The highest BCUT2D eigenvalue weighted by Gasteiger charge is 2.42. The van der Waals surface area contributed by atoms with Crippen LogP contribution in [0.1, 0.15) is 55.1 Å². The number of fused-ring (bicyclic) bond motifs is 1. The van der Waals surface area contributed by atoms with E-state index in [0.717, 1.165) is 16.8 Å². The first kappa shape index (κ1) is 21.4. The second-order valence-corrected chi connectivity index (χ2v) is 8.23. The average molecular weight is 410 g/mol. The van der Waals surface area contributed by atoms with Crippen LogP contribution in [0, 0.1) is 6.92 Å². The van der Waals surface area contributed by atoms with Crippen LogP contribution < -0.4 is 15.0 Å². The van der Waals surface area contributed by atoms with Crippen LogP contribution in [-0.2, 0) is 9.59 Å². The van der Waals surface area contributed by atoms with E-state index in [9.17, 15) is 19.5 Å². The summed E-state index contributed by atoms with van der Waals surface area (Å²) >= 11 is 0. The molecule has 7 nitrogen and oxygen atoms in total. The predicted octanol–water partition coefficient (Wildman–Crippen LogP) is 3.96. The molecule has 0 aliphatic carbocycles. The van der Waals surface area contributed by atoms with Crippen LogP contribution in [0.5, 0.6) is 5.75 Å². The van der Waals surface area contributed by atoms with Gasteiger partial charge in [0.1, 0.15) is 12.3 Å². The summed E-state index contributed by atoms with van der Waals surface area (Å²) in [6, 6.07) is 10.1. The fourth-order valence-electron chi connectivity index (χ4n) is 3.52. The first-order chi connectivity index (χ1) is 14.0. The third-order valence-electron chi connectivity index (χ3n) is 5.12. The smallest absolute Gasteiger partial charge is 0.335 e. The van der Waals surface area contributed by atoms with Crippen molar-refractivity contribution in [2.75, 3.05) is 16.8 Å². The summed E-state index contributed by atoms with van der Waals surface area (Å²) in [5.74, 6) is -1.34. The van der Waals surface area contributed by atoms with E-state index in [4.69, 9.17) is 4.74 Å². The van der Waals surface area contributed by atoms with Gasteiger partial charge in [0.05, 0.1) is 11.3 Å². The molecule has 1 aliphatic rings. The lowest BCUT2D eigenvalue weighted by atomic mass is 9.98. The number of carbonyl (C=O) groups is 3. The van der Waals surface area contributed by atoms with E-state index in [-0.39, 0.29) is 29.6 Å². The Morgan fingerprint density at radius 1 is 1.20 bits per heavy atom. The van der Waals surface area contributed by atoms with Crippen molar-refractivity contribution in [3.05, 3.63) is 53.1 Å². The normalized spacial score (nSPS) is 14.9. The molecule has 0 radical (unpaired) electrons. The van der Waals surface area contributed by atoms with Crippen LogP contribution in [0.25, 0.3) is 0 Å². The number of hydrogen-bond donors (Lipinski definition) is 2. The predicted molar refractivity (Wildman–Crippen MR) is 114 cm³/mol. The zero-order valence-electron chi connectivity index (χ0n) is 17.8. The van der Waals surface area contributed by atoms with Crippen molar-refractivity contribution in [2.45, 2.75) is 46.1 Å². The lowest BCUT2D eigenvalue weighted by Gasteiger charge is -2.38. The van der Waals surface area contributed by atoms with Gasteiger partial charge in [-0.15, -0.1) is 0 Å². The second kappa shape index (κ2) is 7.82. The summed E-state index contributed by atoms with van der Waals surface area (Å²) in [5.41, 5.74) is 1.77. The number of ether oxygens (including phenoxy) is 1. The quantitative estimate of drug-likeness (QED) is 0.778. The number of anilines is 2. The number of nitrogens with zero attached hydrogens (tertiary/aromatic N) is 1. The van der Waals surface area contributed by atoms with Crippen molar-refractivity contribution in [3.8, 4) is 5.75 Å². The molecule has 2 aromatic carbocycles. The van der Waals surface area contributed by atoms with E-state index in [1.54, 1.807) is 13.8 Å². The molecule has 2 aromatic rings. The maximum atomic E-state index is 13.0. The van der Waals surface area contributed by atoms with Gasteiger partial charge in [-0.25, -0.2) is 4.79 Å². The molecule has 0 unspecified atom stereocenters. The number of benzene rings is 2. The number of aromatic carboxylic acids is 1. The van der Waals surface area contributed by atoms with Gasteiger partial charge >= 0.3 is 5.97 Å². The highest BCUT2D eigenvalue weighted by Crippen LogP contribution is 2.38. The monoisotopic (exact) mass is 410 g/mol. The van der Waals surface area contributed by atoms with Gasteiger partial charge in [-0.1, -0.05) is 32.0 Å². The minimum Gasteiger partial charge on any atom is -0.478 e. The van der Waals surface area contributed by atoms with E-state index >= 15 is 0 Å². The number of carboxylic acid groups (broad SMARTS) is 1. The van der Waals surface area contributed by atoms with E-state index in [1.165, 1.54) is 23.1 Å².